The lowest BCUT2D eigenvalue weighted by atomic mass is 9.97. The Morgan fingerprint density at radius 2 is 1.93 bits per heavy atom. The Bertz CT molecular complexity index is 989. The number of nitrogens with one attached hydrogen (secondary N) is 2. The normalized spacial score (nSPS) is 12.9. The minimum Gasteiger partial charge on any atom is -0.396 e. The van der Waals surface area contributed by atoms with Crippen molar-refractivity contribution < 1.29 is 14.7 Å². The molecule has 0 radical (unpaired) electrons. The van der Waals surface area contributed by atoms with Crippen molar-refractivity contribution in [1.82, 2.24) is 9.55 Å². The summed E-state index contributed by atoms with van der Waals surface area (Å²) >= 11 is 1.27. The monoisotopic (exact) mass is 430 g/mol. The number of hydrogen-bond acceptors (Lipinski definition) is 6. The van der Waals surface area contributed by atoms with Crippen LogP contribution in [-0.4, -0.2) is 38.8 Å². The standard InChI is InChI=1S/C21H26N4O4S/c1-14(27)22-15-6-4-7-16(12-15)23-19(28)13-30-20-17-8-2-3-9-18(17)25(10-5-11-26)21(29)24-20/h4,6-7,12,26H,2-3,5,8-11,13H2,1H3,(H,22,27)(H,23,28). The van der Waals surface area contributed by atoms with Crippen LogP contribution in [0.3, 0.4) is 0 Å². The number of benzene rings is 1. The van der Waals surface area contributed by atoms with Gasteiger partial charge in [0.1, 0.15) is 5.03 Å². The molecule has 1 heterocycles. The molecular formula is C21H26N4O4S. The molecule has 1 aliphatic carbocycles. The molecule has 1 aromatic carbocycles. The zero-order valence-electron chi connectivity index (χ0n) is 16.9. The highest BCUT2D eigenvalue weighted by Gasteiger charge is 2.21. The van der Waals surface area contributed by atoms with Crippen LogP contribution < -0.4 is 16.3 Å². The van der Waals surface area contributed by atoms with E-state index in [2.05, 4.69) is 15.6 Å². The summed E-state index contributed by atoms with van der Waals surface area (Å²) in [5.41, 5.74) is 2.90. The second kappa shape index (κ2) is 10.4. The highest BCUT2D eigenvalue weighted by atomic mass is 32.2. The number of carbonyl (C=O) groups is 2. The summed E-state index contributed by atoms with van der Waals surface area (Å²) in [7, 11) is 0. The Kier molecular flexibility index (Phi) is 7.64. The zero-order chi connectivity index (χ0) is 21.5. The minimum atomic E-state index is -0.324. The number of aliphatic hydroxyl groups is 1. The Labute approximate surface area is 179 Å². The summed E-state index contributed by atoms with van der Waals surface area (Å²) in [4.78, 5) is 40.3. The number of aliphatic hydroxyl groups excluding tert-OH is 1. The quantitative estimate of drug-likeness (QED) is 0.437. The summed E-state index contributed by atoms with van der Waals surface area (Å²) in [5, 5.41) is 15.2. The van der Waals surface area contributed by atoms with Gasteiger partial charge >= 0.3 is 5.69 Å². The molecule has 0 fully saturated rings. The fourth-order valence-corrected chi connectivity index (χ4v) is 4.41. The molecule has 0 atom stereocenters. The number of hydrogen-bond donors (Lipinski definition) is 3. The van der Waals surface area contributed by atoms with Crippen molar-refractivity contribution in [3.63, 3.8) is 0 Å². The molecule has 160 valence electrons. The zero-order valence-corrected chi connectivity index (χ0v) is 17.8. The van der Waals surface area contributed by atoms with Gasteiger partial charge < -0.3 is 15.7 Å². The summed E-state index contributed by atoms with van der Waals surface area (Å²) < 4.78 is 1.67. The van der Waals surface area contributed by atoms with Gasteiger partial charge in [0.15, 0.2) is 0 Å². The first kappa shape index (κ1) is 22.0. The van der Waals surface area contributed by atoms with Crippen LogP contribution in [0, 0.1) is 0 Å². The first-order valence-electron chi connectivity index (χ1n) is 10.0. The molecule has 0 aliphatic heterocycles. The molecule has 2 aromatic rings. The number of amides is 2. The molecule has 0 saturated heterocycles. The molecule has 3 rings (SSSR count). The van der Waals surface area contributed by atoms with E-state index in [1.165, 1.54) is 18.7 Å². The Hall–Kier alpha value is -2.65. The second-order valence-electron chi connectivity index (χ2n) is 7.16. The van der Waals surface area contributed by atoms with Crippen molar-refractivity contribution in [2.75, 3.05) is 23.0 Å². The molecule has 0 spiro atoms. The van der Waals surface area contributed by atoms with Crippen molar-refractivity contribution >= 4 is 35.0 Å². The van der Waals surface area contributed by atoms with Crippen LogP contribution in [0.2, 0.25) is 0 Å². The molecule has 9 heteroatoms. The van der Waals surface area contributed by atoms with E-state index < -0.39 is 0 Å². The first-order chi connectivity index (χ1) is 14.5. The number of carbonyl (C=O) groups excluding carboxylic acids is 2. The van der Waals surface area contributed by atoms with E-state index in [-0.39, 0.29) is 29.9 Å². The predicted molar refractivity (Wildman–Crippen MR) is 117 cm³/mol. The Morgan fingerprint density at radius 3 is 2.67 bits per heavy atom. The number of rotatable bonds is 8. The molecule has 0 bridgehead atoms. The van der Waals surface area contributed by atoms with Gasteiger partial charge in [-0.15, -0.1) is 0 Å². The van der Waals surface area contributed by atoms with Crippen LogP contribution in [0.15, 0.2) is 34.1 Å². The van der Waals surface area contributed by atoms with Gasteiger partial charge in [-0.3, -0.25) is 14.2 Å². The number of thioether (sulfide) groups is 1. The van der Waals surface area contributed by atoms with Gasteiger partial charge in [0.05, 0.1) is 5.75 Å². The Balaban J connectivity index is 1.69. The van der Waals surface area contributed by atoms with E-state index in [1.807, 2.05) is 0 Å². The minimum absolute atomic E-state index is 0.0288. The smallest absolute Gasteiger partial charge is 0.348 e. The average Bonchev–Trinajstić information content (AvgIpc) is 2.71. The fraction of sp³-hybridized carbons (Fsp3) is 0.429. The summed E-state index contributed by atoms with van der Waals surface area (Å²) in [6.07, 6.45) is 4.21. The topological polar surface area (TPSA) is 113 Å². The Morgan fingerprint density at radius 1 is 1.20 bits per heavy atom. The van der Waals surface area contributed by atoms with Crippen molar-refractivity contribution in [3.05, 3.63) is 46.0 Å². The van der Waals surface area contributed by atoms with Crippen molar-refractivity contribution in [1.29, 1.82) is 0 Å². The van der Waals surface area contributed by atoms with E-state index in [4.69, 9.17) is 5.11 Å². The van der Waals surface area contributed by atoms with Crippen molar-refractivity contribution in [3.8, 4) is 0 Å². The number of nitrogens with zero attached hydrogens (tertiary/aromatic N) is 2. The maximum absolute atomic E-state index is 12.5. The summed E-state index contributed by atoms with van der Waals surface area (Å²) in [6.45, 7) is 1.91. The van der Waals surface area contributed by atoms with Crippen molar-refractivity contribution in [2.24, 2.45) is 0 Å². The van der Waals surface area contributed by atoms with Crippen LogP contribution in [0.4, 0.5) is 11.4 Å². The van der Waals surface area contributed by atoms with Gasteiger partial charge in [0.25, 0.3) is 0 Å². The van der Waals surface area contributed by atoms with Crippen LogP contribution >= 0.6 is 11.8 Å². The van der Waals surface area contributed by atoms with Gasteiger partial charge in [-0.25, -0.2) is 4.79 Å². The van der Waals surface area contributed by atoms with Gasteiger partial charge in [0, 0.05) is 42.7 Å². The molecule has 1 aliphatic rings. The molecule has 30 heavy (non-hydrogen) atoms. The van der Waals surface area contributed by atoms with Gasteiger partial charge in [-0.1, -0.05) is 17.8 Å². The van der Waals surface area contributed by atoms with Crippen LogP contribution in [-0.2, 0) is 29.0 Å². The van der Waals surface area contributed by atoms with Crippen molar-refractivity contribution in [2.45, 2.75) is 50.6 Å². The SMILES string of the molecule is CC(=O)Nc1cccc(NC(=O)CSc2nc(=O)n(CCCO)c3c2CCCC3)c1. The lowest BCUT2D eigenvalue weighted by Gasteiger charge is -2.22. The predicted octanol–water partition coefficient (Wildman–Crippen LogP) is 2.19. The van der Waals surface area contributed by atoms with E-state index >= 15 is 0 Å². The van der Waals surface area contributed by atoms with Gasteiger partial charge in [-0.05, 0) is 50.3 Å². The van der Waals surface area contributed by atoms with E-state index in [1.54, 1.807) is 28.8 Å². The van der Waals surface area contributed by atoms with Gasteiger partial charge in [0.2, 0.25) is 11.8 Å². The molecule has 3 N–H and O–H groups in total. The maximum atomic E-state index is 12.5. The van der Waals surface area contributed by atoms with Crippen LogP contribution in [0.25, 0.3) is 0 Å². The highest BCUT2D eigenvalue weighted by molar-refractivity contribution is 8.00. The van der Waals surface area contributed by atoms with E-state index in [0.29, 0.717) is 29.4 Å². The molecule has 2 amide bonds. The first-order valence-corrected chi connectivity index (χ1v) is 11.0. The lowest BCUT2D eigenvalue weighted by Crippen LogP contribution is -2.30. The third-order valence-electron chi connectivity index (χ3n) is 4.80. The third-order valence-corrected chi connectivity index (χ3v) is 5.81. The fourth-order valence-electron chi connectivity index (χ4n) is 3.54. The average molecular weight is 431 g/mol. The van der Waals surface area contributed by atoms with Gasteiger partial charge in [-0.2, -0.15) is 4.98 Å². The summed E-state index contributed by atoms with van der Waals surface area (Å²) in [5.74, 6) is -0.265. The van der Waals surface area contributed by atoms with Crippen LogP contribution in [0.5, 0.6) is 0 Å². The van der Waals surface area contributed by atoms with E-state index in [9.17, 15) is 14.4 Å². The largest absolute Gasteiger partial charge is 0.396 e. The molecular weight excluding hydrogens is 404 g/mol. The molecule has 0 saturated carbocycles. The number of fused-ring (bicyclic) bond motifs is 1. The van der Waals surface area contributed by atoms with Crippen LogP contribution in [0.1, 0.15) is 37.4 Å². The number of anilines is 2. The summed E-state index contributed by atoms with van der Waals surface area (Å²) in [6, 6.07) is 6.93. The second-order valence-corrected chi connectivity index (χ2v) is 8.12. The number of aromatic nitrogens is 2. The third kappa shape index (κ3) is 5.70. The maximum Gasteiger partial charge on any atom is 0.348 e. The lowest BCUT2D eigenvalue weighted by molar-refractivity contribution is -0.114. The highest BCUT2D eigenvalue weighted by Crippen LogP contribution is 2.28. The molecule has 1 aromatic heterocycles. The molecule has 0 unspecified atom stereocenters. The molecule has 8 nitrogen and oxygen atoms in total. The van der Waals surface area contributed by atoms with E-state index in [0.717, 1.165) is 36.9 Å².